The molecule has 0 aliphatic heterocycles. The molecule has 14 nitrogen and oxygen atoms in total. The first kappa shape index (κ1) is 43.1. The summed E-state index contributed by atoms with van der Waals surface area (Å²) in [5, 5.41) is 24.3. The molecule has 0 saturated heterocycles. The maximum Gasteiger partial charge on any atom is 0.308 e. The van der Waals surface area contributed by atoms with E-state index in [1.54, 1.807) is 60.7 Å². The lowest BCUT2D eigenvalue weighted by molar-refractivity contribution is -0.142. The minimum absolute atomic E-state index is 0.117. The van der Waals surface area contributed by atoms with Gasteiger partial charge in [0.05, 0.1) is 53.8 Å². The van der Waals surface area contributed by atoms with Crippen LogP contribution in [0, 0.1) is 0 Å². The number of alkyl halides is 1. The van der Waals surface area contributed by atoms with Gasteiger partial charge in [-0.15, -0.1) is 0 Å². The maximum atomic E-state index is 12.3. The number of rotatable bonds is 14. The third-order valence-corrected chi connectivity index (χ3v) is 7.01. The molecule has 0 saturated carbocycles. The fourth-order valence-corrected chi connectivity index (χ4v) is 4.11. The number of carbonyl (C=O) groups is 5. The molecule has 0 spiro atoms. The van der Waals surface area contributed by atoms with Gasteiger partial charge in [0.15, 0.2) is 0 Å². The van der Waals surface area contributed by atoms with Crippen molar-refractivity contribution < 1.29 is 57.9 Å². The highest BCUT2D eigenvalue weighted by atomic mass is 79.9. The van der Waals surface area contributed by atoms with Crippen LogP contribution in [-0.4, -0.2) is 79.8 Å². The van der Waals surface area contributed by atoms with Gasteiger partial charge in [-0.3, -0.25) is 24.0 Å². The van der Waals surface area contributed by atoms with Crippen molar-refractivity contribution in [2.45, 2.75) is 19.3 Å². The summed E-state index contributed by atoms with van der Waals surface area (Å²) in [5.41, 5.74) is 2.12. The Morgan fingerprint density at radius 2 is 0.830 bits per heavy atom. The Hall–Kier alpha value is -6.09. The largest absolute Gasteiger partial charge is 0.508 e. The van der Waals surface area contributed by atoms with Gasteiger partial charge in [0, 0.05) is 27.8 Å². The van der Waals surface area contributed by atoms with Crippen LogP contribution in [0.15, 0.2) is 97.1 Å². The van der Waals surface area contributed by atoms with Crippen molar-refractivity contribution in [3.63, 3.8) is 0 Å². The van der Waals surface area contributed by atoms with E-state index in [1.807, 2.05) is 0 Å². The standard InChI is InChI=1S/C21H23NO7.C13H11NO3.C4H7BrO2/c1-26-19(23)11-13-28-17-7-3-15(4-8-17)21(25)22-16-5-9-18(10-6-16)29-14-12-20(24)27-2;15-11-5-1-9(2-6-11)13(17)14-10-3-7-12(16)8-4-10;1-7-4(6)2-3-5/h3-10H,11-14H2,1-2H3,(H,22,25);1-8,15-16H,(H,14,17);2-3H2,1H3. The fourth-order valence-electron chi connectivity index (χ4n) is 3.79. The SMILES string of the molecule is COC(=O)CCBr.COC(=O)CCOc1ccc(NC(=O)c2ccc(OCCC(=O)OC)cc2)cc1.O=C(Nc1ccc(O)cc1)c1ccc(O)cc1. The molecule has 0 radical (unpaired) electrons. The highest BCUT2D eigenvalue weighted by molar-refractivity contribution is 9.09. The van der Waals surface area contributed by atoms with Crippen LogP contribution in [0.2, 0.25) is 0 Å². The predicted molar refractivity (Wildman–Crippen MR) is 200 cm³/mol. The van der Waals surface area contributed by atoms with Crippen molar-refractivity contribution in [3.8, 4) is 23.0 Å². The van der Waals surface area contributed by atoms with Crippen molar-refractivity contribution in [2.24, 2.45) is 0 Å². The Morgan fingerprint density at radius 3 is 1.19 bits per heavy atom. The summed E-state index contributed by atoms with van der Waals surface area (Å²) in [6.45, 7) is 0.415. The number of anilines is 2. The second-order valence-electron chi connectivity index (χ2n) is 10.4. The molecule has 4 rings (SSSR count). The summed E-state index contributed by atoms with van der Waals surface area (Å²) in [6, 6.07) is 25.5. The van der Waals surface area contributed by atoms with Crippen LogP contribution in [-0.2, 0) is 28.6 Å². The molecule has 53 heavy (non-hydrogen) atoms. The number of esters is 3. The lowest BCUT2D eigenvalue weighted by atomic mass is 10.2. The molecule has 0 bridgehead atoms. The first-order valence-electron chi connectivity index (χ1n) is 15.9. The smallest absolute Gasteiger partial charge is 0.308 e. The number of aromatic hydroxyl groups is 2. The summed E-state index contributed by atoms with van der Waals surface area (Å²) in [5.74, 6) is 0.00534. The highest BCUT2D eigenvalue weighted by Crippen LogP contribution is 2.19. The number of amides is 2. The summed E-state index contributed by atoms with van der Waals surface area (Å²) >= 11 is 3.09. The number of nitrogens with one attached hydrogen (secondary N) is 2. The zero-order chi connectivity index (χ0) is 39.0. The number of phenolic OH excluding ortho intramolecular Hbond substituents is 2. The number of hydrogen-bond acceptors (Lipinski definition) is 12. The van der Waals surface area contributed by atoms with Crippen LogP contribution >= 0.6 is 15.9 Å². The van der Waals surface area contributed by atoms with Crippen molar-refractivity contribution >= 4 is 57.0 Å². The van der Waals surface area contributed by atoms with Crippen LogP contribution in [0.3, 0.4) is 0 Å². The fraction of sp³-hybridized carbons (Fsp3) is 0.237. The monoisotopic (exact) mass is 796 g/mol. The van der Waals surface area contributed by atoms with Crippen LogP contribution in [0.25, 0.3) is 0 Å². The van der Waals surface area contributed by atoms with Crippen molar-refractivity contribution in [2.75, 3.05) is 50.5 Å². The van der Waals surface area contributed by atoms with Gasteiger partial charge in [-0.1, -0.05) is 15.9 Å². The van der Waals surface area contributed by atoms with E-state index in [9.17, 15) is 24.0 Å². The molecule has 282 valence electrons. The first-order chi connectivity index (χ1) is 25.5. The van der Waals surface area contributed by atoms with E-state index in [2.05, 4.69) is 40.8 Å². The Morgan fingerprint density at radius 1 is 0.509 bits per heavy atom. The minimum atomic E-state index is -0.346. The van der Waals surface area contributed by atoms with Crippen LogP contribution in [0.1, 0.15) is 40.0 Å². The van der Waals surface area contributed by atoms with E-state index >= 15 is 0 Å². The third kappa shape index (κ3) is 17.6. The molecule has 0 aliphatic rings. The molecule has 0 fully saturated rings. The number of carbonyl (C=O) groups excluding carboxylic acids is 5. The number of hydrogen-bond donors (Lipinski definition) is 4. The molecular weight excluding hydrogens is 756 g/mol. The van der Waals surface area contributed by atoms with Crippen LogP contribution in [0.5, 0.6) is 23.0 Å². The van der Waals surface area contributed by atoms with Gasteiger partial charge in [0.2, 0.25) is 0 Å². The van der Waals surface area contributed by atoms with Gasteiger partial charge < -0.3 is 44.5 Å². The third-order valence-electron chi connectivity index (χ3n) is 6.61. The Kier molecular flexibility index (Phi) is 19.6. The first-order valence-corrected chi connectivity index (χ1v) is 17.0. The quantitative estimate of drug-likeness (QED) is 0.0495. The van der Waals surface area contributed by atoms with Gasteiger partial charge in [-0.25, -0.2) is 0 Å². The molecular formula is C38H41BrN2O12. The van der Waals surface area contributed by atoms with Gasteiger partial charge in [-0.2, -0.15) is 0 Å². The van der Waals surface area contributed by atoms with Gasteiger partial charge in [0.1, 0.15) is 23.0 Å². The number of halogens is 1. The number of benzene rings is 4. The lowest BCUT2D eigenvalue weighted by Gasteiger charge is -2.09. The Bertz CT molecular complexity index is 1730. The second-order valence-corrected chi connectivity index (χ2v) is 11.2. The highest BCUT2D eigenvalue weighted by Gasteiger charge is 2.09. The van der Waals surface area contributed by atoms with Gasteiger partial charge >= 0.3 is 17.9 Å². The van der Waals surface area contributed by atoms with Crippen molar-refractivity contribution in [1.82, 2.24) is 0 Å². The second kappa shape index (κ2) is 24.2. The van der Waals surface area contributed by atoms with E-state index in [0.717, 1.165) is 0 Å². The summed E-state index contributed by atoms with van der Waals surface area (Å²) in [4.78, 5) is 56.3. The molecule has 15 heteroatoms. The minimum Gasteiger partial charge on any atom is -0.508 e. The average Bonchev–Trinajstić information content (AvgIpc) is 3.17. The molecule has 4 aromatic carbocycles. The predicted octanol–water partition coefficient (Wildman–Crippen LogP) is 6.12. The average molecular weight is 798 g/mol. The summed E-state index contributed by atoms with van der Waals surface area (Å²) in [6.07, 6.45) is 0.773. The normalized spacial score (nSPS) is 9.74. The van der Waals surface area contributed by atoms with Crippen LogP contribution < -0.4 is 20.1 Å². The molecule has 2 amide bonds. The molecule has 0 unspecified atom stereocenters. The lowest BCUT2D eigenvalue weighted by Crippen LogP contribution is -2.12. The van der Waals surface area contributed by atoms with E-state index in [-0.39, 0.29) is 67.3 Å². The molecule has 0 heterocycles. The van der Waals surface area contributed by atoms with Gasteiger partial charge in [-0.05, 0) is 97.1 Å². The van der Waals surface area contributed by atoms with E-state index in [4.69, 9.17) is 19.7 Å². The molecule has 4 aromatic rings. The van der Waals surface area contributed by atoms with E-state index in [1.165, 1.54) is 57.7 Å². The van der Waals surface area contributed by atoms with Crippen LogP contribution in [0.4, 0.5) is 11.4 Å². The summed E-state index contributed by atoms with van der Waals surface area (Å²) < 4.78 is 24.3. The van der Waals surface area contributed by atoms with E-state index < -0.39 is 0 Å². The maximum absolute atomic E-state index is 12.3. The Balaban J connectivity index is 0.000000338. The molecule has 4 N–H and O–H groups in total. The molecule has 0 aromatic heterocycles. The molecule has 0 aliphatic carbocycles. The van der Waals surface area contributed by atoms with Crippen molar-refractivity contribution in [1.29, 1.82) is 0 Å². The number of ether oxygens (including phenoxy) is 5. The zero-order valence-electron chi connectivity index (χ0n) is 29.3. The zero-order valence-corrected chi connectivity index (χ0v) is 30.9. The van der Waals surface area contributed by atoms with Crippen molar-refractivity contribution in [3.05, 3.63) is 108 Å². The van der Waals surface area contributed by atoms with E-state index in [0.29, 0.717) is 45.8 Å². The molecule has 0 atom stereocenters. The van der Waals surface area contributed by atoms with Gasteiger partial charge in [0.25, 0.3) is 11.8 Å². The Labute approximate surface area is 315 Å². The number of phenols is 2. The topological polar surface area (TPSA) is 196 Å². The summed E-state index contributed by atoms with van der Waals surface area (Å²) in [7, 11) is 4.03. The number of methoxy groups -OCH3 is 3.